The first-order chi connectivity index (χ1) is 7.45. The van der Waals surface area contributed by atoms with Crippen LogP contribution in [0.5, 0.6) is 0 Å². The van der Waals surface area contributed by atoms with Crippen molar-refractivity contribution in [2.45, 2.75) is 59.0 Å². The Bertz CT molecular complexity index is 317. The van der Waals surface area contributed by atoms with Crippen LogP contribution in [0.15, 0.2) is 12.2 Å². The van der Waals surface area contributed by atoms with Gasteiger partial charge in [0.25, 0.3) is 0 Å². The zero-order valence-corrected chi connectivity index (χ0v) is 10.6. The number of esters is 1. The number of ether oxygens (including phenoxy) is 1. The minimum atomic E-state index is -0.170. The van der Waals surface area contributed by atoms with E-state index in [1.165, 1.54) is 26.2 Å². The van der Waals surface area contributed by atoms with E-state index in [1.54, 1.807) is 0 Å². The summed E-state index contributed by atoms with van der Waals surface area (Å²) in [5.41, 5.74) is 0.772. The first-order valence-electron chi connectivity index (χ1n) is 6.32. The van der Waals surface area contributed by atoms with Crippen LogP contribution in [0.2, 0.25) is 0 Å². The molecule has 0 bridgehead atoms. The summed E-state index contributed by atoms with van der Waals surface area (Å²) in [4.78, 5) is 10.9. The van der Waals surface area contributed by atoms with Crippen molar-refractivity contribution >= 4 is 5.97 Å². The second kappa shape index (κ2) is 3.90. The second-order valence-corrected chi connectivity index (χ2v) is 5.94. The van der Waals surface area contributed by atoms with Gasteiger partial charge in [0.05, 0.1) is 0 Å². The molecule has 2 unspecified atom stereocenters. The molecular formula is C14H22O2. The Morgan fingerprint density at radius 2 is 2.06 bits per heavy atom. The fraction of sp³-hybridized carbons (Fsp3) is 0.786. The molecule has 0 saturated heterocycles. The largest absolute Gasteiger partial charge is 0.458 e. The molecule has 1 spiro atoms. The van der Waals surface area contributed by atoms with Crippen LogP contribution < -0.4 is 0 Å². The number of carbonyl (C=O) groups excluding carboxylic acids is 1. The van der Waals surface area contributed by atoms with Crippen LogP contribution in [0.1, 0.15) is 52.9 Å². The second-order valence-electron chi connectivity index (χ2n) is 5.94. The Hall–Kier alpha value is -0.790. The summed E-state index contributed by atoms with van der Waals surface area (Å²) in [6, 6.07) is 0. The summed E-state index contributed by atoms with van der Waals surface area (Å²) in [5.74, 6) is -0.170. The molecule has 2 atom stereocenters. The van der Waals surface area contributed by atoms with Gasteiger partial charge in [-0.1, -0.05) is 26.3 Å². The van der Waals surface area contributed by atoms with E-state index < -0.39 is 0 Å². The highest BCUT2D eigenvalue weighted by Crippen LogP contribution is 2.57. The van der Waals surface area contributed by atoms with Crippen LogP contribution in [-0.4, -0.2) is 12.1 Å². The Morgan fingerprint density at radius 1 is 1.31 bits per heavy atom. The van der Waals surface area contributed by atoms with Gasteiger partial charge in [-0.15, -0.1) is 0 Å². The van der Waals surface area contributed by atoms with Gasteiger partial charge < -0.3 is 4.74 Å². The molecule has 0 aromatic rings. The summed E-state index contributed by atoms with van der Waals surface area (Å²) in [6.45, 7) is 6.23. The lowest BCUT2D eigenvalue weighted by molar-refractivity contribution is -0.145. The maximum Gasteiger partial charge on any atom is 0.303 e. The van der Waals surface area contributed by atoms with Crippen LogP contribution in [0.4, 0.5) is 0 Å². The van der Waals surface area contributed by atoms with E-state index in [4.69, 9.17) is 4.74 Å². The Morgan fingerprint density at radius 3 is 2.50 bits per heavy atom. The van der Waals surface area contributed by atoms with Gasteiger partial charge >= 0.3 is 5.97 Å². The third-order valence-corrected chi connectivity index (χ3v) is 4.59. The van der Waals surface area contributed by atoms with Crippen molar-refractivity contribution in [2.75, 3.05) is 0 Å². The summed E-state index contributed by atoms with van der Waals surface area (Å²) >= 11 is 0. The quantitative estimate of drug-likeness (QED) is 0.501. The zero-order chi connectivity index (χ0) is 11.8. The molecule has 90 valence electrons. The van der Waals surface area contributed by atoms with Gasteiger partial charge in [-0.25, -0.2) is 0 Å². The van der Waals surface area contributed by atoms with Gasteiger partial charge in [-0.3, -0.25) is 4.79 Å². The molecule has 0 radical (unpaired) electrons. The fourth-order valence-electron chi connectivity index (χ4n) is 3.39. The molecular weight excluding hydrogens is 200 g/mol. The molecule has 0 heterocycles. The summed E-state index contributed by atoms with van der Waals surface area (Å²) < 4.78 is 5.24. The van der Waals surface area contributed by atoms with Crippen molar-refractivity contribution in [2.24, 2.45) is 10.8 Å². The normalized spacial score (nSPS) is 36.6. The van der Waals surface area contributed by atoms with E-state index in [9.17, 15) is 4.79 Å². The van der Waals surface area contributed by atoms with Crippen LogP contribution >= 0.6 is 0 Å². The first kappa shape index (κ1) is 11.7. The van der Waals surface area contributed by atoms with Gasteiger partial charge in [0.15, 0.2) is 0 Å². The van der Waals surface area contributed by atoms with E-state index in [1.807, 2.05) is 0 Å². The molecule has 0 aromatic heterocycles. The fourth-order valence-corrected chi connectivity index (χ4v) is 3.39. The number of rotatable bonds is 1. The highest BCUT2D eigenvalue weighted by Gasteiger charge is 2.47. The van der Waals surface area contributed by atoms with E-state index in [-0.39, 0.29) is 12.1 Å². The van der Waals surface area contributed by atoms with Crippen molar-refractivity contribution in [3.63, 3.8) is 0 Å². The lowest BCUT2D eigenvalue weighted by Crippen LogP contribution is -2.35. The average molecular weight is 222 g/mol. The molecule has 0 aliphatic heterocycles. The average Bonchev–Trinajstić information content (AvgIpc) is 2.46. The first-order valence-corrected chi connectivity index (χ1v) is 6.32. The predicted molar refractivity (Wildman–Crippen MR) is 64.0 cm³/mol. The molecule has 2 rings (SSSR count). The maximum atomic E-state index is 10.9. The maximum absolute atomic E-state index is 10.9. The van der Waals surface area contributed by atoms with Crippen molar-refractivity contribution in [1.29, 1.82) is 0 Å². The minimum absolute atomic E-state index is 0.0134. The third-order valence-electron chi connectivity index (χ3n) is 4.59. The highest BCUT2D eigenvalue weighted by atomic mass is 16.5. The standard InChI is InChI=1S/C14H22O2/c1-11(15)16-12-5-9-14(10-6-12)8-4-7-13(14,2)3/h5,9,12H,4,6-8,10H2,1-3H3. The van der Waals surface area contributed by atoms with E-state index in [2.05, 4.69) is 26.0 Å². The topological polar surface area (TPSA) is 26.3 Å². The SMILES string of the molecule is CC(=O)OC1C=CC2(CCCC2(C)C)CC1. The van der Waals surface area contributed by atoms with Crippen LogP contribution in [-0.2, 0) is 9.53 Å². The number of hydrogen-bond donors (Lipinski definition) is 0. The molecule has 0 N–H and O–H groups in total. The number of hydrogen-bond acceptors (Lipinski definition) is 2. The monoisotopic (exact) mass is 222 g/mol. The van der Waals surface area contributed by atoms with Crippen LogP contribution in [0, 0.1) is 10.8 Å². The predicted octanol–water partition coefficient (Wildman–Crippen LogP) is 3.46. The summed E-state index contributed by atoms with van der Waals surface area (Å²) in [7, 11) is 0. The minimum Gasteiger partial charge on any atom is -0.458 e. The van der Waals surface area contributed by atoms with Crippen LogP contribution in [0.25, 0.3) is 0 Å². The molecule has 2 heteroatoms. The molecule has 16 heavy (non-hydrogen) atoms. The number of allylic oxidation sites excluding steroid dienone is 1. The van der Waals surface area contributed by atoms with E-state index in [0.717, 1.165) is 12.8 Å². The Labute approximate surface area is 98.1 Å². The van der Waals surface area contributed by atoms with Crippen molar-refractivity contribution in [3.05, 3.63) is 12.2 Å². The summed E-state index contributed by atoms with van der Waals surface area (Å²) in [6.07, 6.45) is 10.5. The molecule has 2 aliphatic rings. The highest BCUT2D eigenvalue weighted by molar-refractivity contribution is 5.66. The van der Waals surface area contributed by atoms with Crippen molar-refractivity contribution in [1.82, 2.24) is 0 Å². The third kappa shape index (κ3) is 1.90. The lowest BCUT2D eigenvalue weighted by atomic mass is 9.63. The van der Waals surface area contributed by atoms with Gasteiger partial charge in [0.2, 0.25) is 0 Å². The van der Waals surface area contributed by atoms with Gasteiger partial charge in [0, 0.05) is 6.92 Å². The Kier molecular flexibility index (Phi) is 2.85. The van der Waals surface area contributed by atoms with Crippen LogP contribution in [0.3, 0.4) is 0 Å². The van der Waals surface area contributed by atoms with Gasteiger partial charge in [-0.05, 0) is 42.6 Å². The zero-order valence-electron chi connectivity index (χ0n) is 10.6. The molecule has 2 aliphatic carbocycles. The van der Waals surface area contributed by atoms with E-state index >= 15 is 0 Å². The van der Waals surface area contributed by atoms with Crippen molar-refractivity contribution in [3.8, 4) is 0 Å². The summed E-state index contributed by atoms with van der Waals surface area (Å²) in [5, 5.41) is 0. The lowest BCUT2D eigenvalue weighted by Gasteiger charge is -2.42. The molecule has 1 saturated carbocycles. The smallest absolute Gasteiger partial charge is 0.303 e. The van der Waals surface area contributed by atoms with Gasteiger partial charge in [-0.2, -0.15) is 0 Å². The molecule has 0 aromatic carbocycles. The molecule has 2 nitrogen and oxygen atoms in total. The van der Waals surface area contributed by atoms with Gasteiger partial charge in [0.1, 0.15) is 6.10 Å². The van der Waals surface area contributed by atoms with Crippen molar-refractivity contribution < 1.29 is 9.53 Å². The molecule has 0 amide bonds. The molecule has 1 fully saturated rings. The van der Waals surface area contributed by atoms with E-state index in [0.29, 0.717) is 10.8 Å². The Balaban J connectivity index is 2.09. The number of carbonyl (C=O) groups is 1.